The second-order valence-electron chi connectivity index (χ2n) is 7.99. The van der Waals surface area contributed by atoms with Crippen molar-refractivity contribution in [3.05, 3.63) is 88.8 Å². The molecule has 2 amide bonds. The Balaban J connectivity index is 1.63. The predicted octanol–water partition coefficient (Wildman–Crippen LogP) is 4.41. The number of carbonyl (C=O) groups is 2. The molecule has 0 fully saturated rings. The Bertz CT molecular complexity index is 1190. The summed E-state index contributed by atoms with van der Waals surface area (Å²) < 4.78 is 15.7. The predicted molar refractivity (Wildman–Crippen MR) is 132 cm³/mol. The zero-order valence-electron chi connectivity index (χ0n) is 19.5. The van der Waals surface area contributed by atoms with Crippen LogP contribution in [0.25, 0.3) is 0 Å². The topological polar surface area (TPSA) is 84.6 Å². The summed E-state index contributed by atoms with van der Waals surface area (Å²) in [5.74, 6) is 0.149. The molecular weight excluding hydrogens is 470 g/mol. The molecule has 182 valence electrons. The molecule has 4 rings (SSSR count). The van der Waals surface area contributed by atoms with Crippen LogP contribution in [0.5, 0.6) is 5.75 Å². The van der Waals surface area contributed by atoms with Crippen molar-refractivity contribution in [1.82, 2.24) is 9.91 Å². The fraction of sp³-hybridized carbons (Fsp3) is 0.269. The lowest BCUT2D eigenvalue weighted by Crippen LogP contribution is -2.42. The summed E-state index contributed by atoms with van der Waals surface area (Å²) in [5.41, 5.74) is 2.50. The van der Waals surface area contributed by atoms with Crippen molar-refractivity contribution in [1.29, 1.82) is 0 Å². The summed E-state index contributed by atoms with van der Waals surface area (Å²) >= 11 is 6.09. The quantitative estimate of drug-likeness (QED) is 0.439. The number of halogens is 1. The van der Waals surface area contributed by atoms with Gasteiger partial charge in [0.25, 0.3) is 11.8 Å². The molecule has 35 heavy (non-hydrogen) atoms. The van der Waals surface area contributed by atoms with Crippen molar-refractivity contribution in [2.45, 2.75) is 12.5 Å². The molecule has 0 radical (unpaired) electrons. The molecule has 3 aromatic rings. The largest absolute Gasteiger partial charge is 0.497 e. The number of carbonyl (C=O) groups excluding carboxylic acids is 2. The summed E-state index contributed by atoms with van der Waals surface area (Å²) in [4.78, 5) is 27.9. The second-order valence-corrected chi connectivity index (χ2v) is 8.42. The molecule has 8 nitrogen and oxygen atoms in total. The number of nitrogens with zero attached hydrogens (tertiary/aromatic N) is 3. The maximum atomic E-state index is 13.5. The van der Waals surface area contributed by atoms with Gasteiger partial charge >= 0.3 is 0 Å². The number of hydrazone groups is 1. The molecule has 1 aliphatic heterocycles. The number of benzene rings is 2. The minimum absolute atomic E-state index is 0.158. The van der Waals surface area contributed by atoms with Crippen LogP contribution in [0.2, 0.25) is 5.02 Å². The van der Waals surface area contributed by atoms with Crippen LogP contribution >= 0.6 is 11.6 Å². The number of ether oxygens (including phenoxy) is 2. The van der Waals surface area contributed by atoms with E-state index >= 15 is 0 Å². The highest BCUT2D eigenvalue weighted by Gasteiger charge is 2.35. The van der Waals surface area contributed by atoms with Crippen LogP contribution in [0.3, 0.4) is 0 Å². The van der Waals surface area contributed by atoms with Gasteiger partial charge in [-0.1, -0.05) is 35.9 Å². The second kappa shape index (κ2) is 11.2. The van der Waals surface area contributed by atoms with Crippen molar-refractivity contribution in [2.24, 2.45) is 5.10 Å². The van der Waals surface area contributed by atoms with Crippen LogP contribution < -0.4 is 4.74 Å². The van der Waals surface area contributed by atoms with Crippen molar-refractivity contribution in [3.63, 3.8) is 0 Å². The van der Waals surface area contributed by atoms with Gasteiger partial charge in [0.05, 0.1) is 31.7 Å². The van der Waals surface area contributed by atoms with Gasteiger partial charge in [-0.15, -0.1) is 0 Å². The minimum Gasteiger partial charge on any atom is -0.497 e. The zero-order valence-corrected chi connectivity index (χ0v) is 20.3. The zero-order chi connectivity index (χ0) is 24.8. The molecule has 1 atom stereocenters. The first-order valence-corrected chi connectivity index (χ1v) is 11.5. The Morgan fingerprint density at radius 2 is 1.94 bits per heavy atom. The van der Waals surface area contributed by atoms with Gasteiger partial charge in [0.15, 0.2) is 5.76 Å². The summed E-state index contributed by atoms with van der Waals surface area (Å²) in [7, 11) is 3.14. The van der Waals surface area contributed by atoms with E-state index in [2.05, 4.69) is 5.10 Å². The van der Waals surface area contributed by atoms with Gasteiger partial charge in [-0.25, -0.2) is 5.01 Å². The molecule has 0 saturated heterocycles. The average molecular weight is 496 g/mol. The molecule has 0 N–H and O–H groups in total. The lowest BCUT2D eigenvalue weighted by atomic mass is 9.98. The highest BCUT2D eigenvalue weighted by Crippen LogP contribution is 2.34. The number of amides is 2. The molecular formula is C26H26ClN3O5. The van der Waals surface area contributed by atoms with Crippen molar-refractivity contribution >= 4 is 29.1 Å². The van der Waals surface area contributed by atoms with E-state index in [0.717, 1.165) is 16.8 Å². The lowest BCUT2D eigenvalue weighted by Gasteiger charge is -2.26. The molecule has 2 heterocycles. The van der Waals surface area contributed by atoms with Crippen LogP contribution in [0, 0.1) is 0 Å². The molecule has 1 aromatic heterocycles. The Morgan fingerprint density at radius 3 is 2.63 bits per heavy atom. The van der Waals surface area contributed by atoms with Crippen molar-refractivity contribution in [2.75, 3.05) is 33.9 Å². The molecule has 0 spiro atoms. The van der Waals surface area contributed by atoms with E-state index in [4.69, 9.17) is 25.5 Å². The van der Waals surface area contributed by atoms with E-state index in [0.29, 0.717) is 17.2 Å². The maximum absolute atomic E-state index is 13.5. The fourth-order valence-corrected chi connectivity index (χ4v) is 4.03. The first-order valence-electron chi connectivity index (χ1n) is 11.1. The Labute approximate surface area is 208 Å². The van der Waals surface area contributed by atoms with Crippen LogP contribution in [-0.4, -0.2) is 61.4 Å². The minimum atomic E-state index is -0.389. The number of furan rings is 1. The number of rotatable bonds is 9. The Kier molecular flexibility index (Phi) is 7.84. The number of hydrogen-bond donors (Lipinski definition) is 0. The molecule has 1 aliphatic rings. The standard InChI is InChI=1S/C26H26ClN3O5/c1-33-14-12-29(26(32)24-7-4-13-35-24)17-25(31)30-23(18-8-10-20(27)11-9-18)16-22(28-30)19-5-3-6-21(15-19)34-2/h3-11,13,15,23H,12,14,16-17H2,1-2H3/t23-/m1/s1. The first kappa shape index (κ1) is 24.5. The van der Waals surface area contributed by atoms with Crippen LogP contribution in [0.15, 0.2) is 76.4 Å². The monoisotopic (exact) mass is 495 g/mol. The van der Waals surface area contributed by atoms with Gasteiger partial charge in [-0.2, -0.15) is 5.10 Å². The fourth-order valence-electron chi connectivity index (χ4n) is 3.91. The van der Waals surface area contributed by atoms with E-state index in [1.807, 2.05) is 36.4 Å². The normalized spacial score (nSPS) is 15.1. The van der Waals surface area contributed by atoms with Crippen molar-refractivity contribution < 1.29 is 23.5 Å². The van der Waals surface area contributed by atoms with E-state index in [1.54, 1.807) is 38.5 Å². The summed E-state index contributed by atoms with van der Waals surface area (Å²) in [6.45, 7) is 0.328. The van der Waals surface area contributed by atoms with E-state index in [-0.39, 0.29) is 43.3 Å². The highest BCUT2D eigenvalue weighted by molar-refractivity contribution is 6.30. The first-order chi connectivity index (χ1) is 17.0. The smallest absolute Gasteiger partial charge is 0.290 e. The molecule has 2 aromatic carbocycles. The van der Waals surface area contributed by atoms with Crippen LogP contribution in [0.1, 0.15) is 34.1 Å². The Hall–Kier alpha value is -3.62. The van der Waals surface area contributed by atoms with E-state index in [9.17, 15) is 9.59 Å². The number of methoxy groups -OCH3 is 2. The SMILES string of the molecule is COCCN(CC(=O)N1N=C(c2cccc(OC)c2)C[C@@H]1c1ccc(Cl)cc1)C(=O)c1ccco1. The summed E-state index contributed by atoms with van der Waals surface area (Å²) in [6.07, 6.45) is 1.93. The number of hydrogen-bond acceptors (Lipinski definition) is 6. The van der Waals surface area contributed by atoms with Gasteiger partial charge in [-0.05, 0) is 42.0 Å². The van der Waals surface area contributed by atoms with Gasteiger partial charge < -0.3 is 18.8 Å². The third-order valence-corrected chi connectivity index (χ3v) is 5.99. The summed E-state index contributed by atoms with van der Waals surface area (Å²) in [5, 5.41) is 6.75. The van der Waals surface area contributed by atoms with Gasteiger partial charge in [0.1, 0.15) is 12.3 Å². The third-order valence-electron chi connectivity index (χ3n) is 5.73. The van der Waals surface area contributed by atoms with E-state index in [1.165, 1.54) is 16.2 Å². The van der Waals surface area contributed by atoms with E-state index < -0.39 is 0 Å². The molecule has 0 saturated carbocycles. The van der Waals surface area contributed by atoms with Crippen LogP contribution in [0.4, 0.5) is 0 Å². The molecule has 0 bridgehead atoms. The lowest BCUT2D eigenvalue weighted by molar-refractivity contribution is -0.133. The average Bonchev–Trinajstić information content (AvgIpc) is 3.57. The maximum Gasteiger partial charge on any atom is 0.290 e. The van der Waals surface area contributed by atoms with Gasteiger partial charge in [0, 0.05) is 30.7 Å². The summed E-state index contributed by atoms with van der Waals surface area (Å²) in [6, 6.07) is 17.7. The van der Waals surface area contributed by atoms with Crippen LogP contribution in [-0.2, 0) is 9.53 Å². The molecule has 9 heteroatoms. The van der Waals surface area contributed by atoms with Gasteiger partial charge in [0.2, 0.25) is 0 Å². The molecule has 0 unspecified atom stereocenters. The third kappa shape index (κ3) is 5.72. The van der Waals surface area contributed by atoms with Crippen molar-refractivity contribution in [3.8, 4) is 5.75 Å². The molecule has 0 aliphatic carbocycles. The van der Waals surface area contributed by atoms with Gasteiger partial charge in [-0.3, -0.25) is 9.59 Å². The highest BCUT2D eigenvalue weighted by atomic mass is 35.5. The Morgan fingerprint density at radius 1 is 1.14 bits per heavy atom.